The number of hydrogen-bond acceptors (Lipinski definition) is 3. The predicted molar refractivity (Wildman–Crippen MR) is 67.7 cm³/mol. The zero-order valence-electron chi connectivity index (χ0n) is 10.7. The van der Waals surface area contributed by atoms with Crippen LogP contribution >= 0.6 is 0 Å². The maximum absolute atomic E-state index is 13.6. The van der Waals surface area contributed by atoms with Gasteiger partial charge in [-0.25, -0.2) is 4.39 Å². The second-order valence-electron chi connectivity index (χ2n) is 3.99. The Morgan fingerprint density at radius 2 is 2.18 bits per heavy atom. The summed E-state index contributed by atoms with van der Waals surface area (Å²) in [6.45, 7) is 6.45. The molecule has 1 aromatic rings. The molecule has 0 aliphatic carbocycles. The van der Waals surface area contributed by atoms with Crippen LogP contribution in [-0.2, 0) is 0 Å². The summed E-state index contributed by atoms with van der Waals surface area (Å²) in [6, 6.07) is 5.25. The van der Waals surface area contributed by atoms with Gasteiger partial charge in [0.25, 0.3) is 0 Å². The normalized spacial score (nSPS) is 12.8. The number of nitrogens with zero attached hydrogens (tertiary/aromatic N) is 1. The van der Waals surface area contributed by atoms with Gasteiger partial charge in [0, 0.05) is 19.1 Å². The summed E-state index contributed by atoms with van der Waals surface area (Å²) in [6.07, 6.45) is 0. The van der Waals surface area contributed by atoms with E-state index in [-0.39, 0.29) is 17.6 Å². The molecule has 1 rings (SSSR count). The molecule has 1 aromatic carbocycles. The minimum atomic E-state index is -0.319. The van der Waals surface area contributed by atoms with Crippen LogP contribution < -0.4 is 10.5 Å². The minimum Gasteiger partial charge on any atom is -0.494 e. The molecular formula is C13H21FN2O. The lowest BCUT2D eigenvalue weighted by molar-refractivity contribution is 0.228. The molecule has 0 aliphatic rings. The van der Waals surface area contributed by atoms with Crippen molar-refractivity contribution in [2.45, 2.75) is 19.9 Å². The van der Waals surface area contributed by atoms with Crippen molar-refractivity contribution in [2.24, 2.45) is 5.73 Å². The van der Waals surface area contributed by atoms with E-state index in [1.807, 2.05) is 6.07 Å². The highest BCUT2D eigenvalue weighted by Gasteiger charge is 2.15. The fourth-order valence-corrected chi connectivity index (χ4v) is 1.94. The topological polar surface area (TPSA) is 38.5 Å². The van der Waals surface area contributed by atoms with Crippen LogP contribution in [0, 0.1) is 5.82 Å². The maximum atomic E-state index is 13.6. The molecule has 3 nitrogen and oxygen atoms in total. The van der Waals surface area contributed by atoms with E-state index in [4.69, 9.17) is 10.5 Å². The van der Waals surface area contributed by atoms with Crippen molar-refractivity contribution in [2.75, 3.05) is 26.7 Å². The largest absolute Gasteiger partial charge is 0.494 e. The van der Waals surface area contributed by atoms with E-state index in [2.05, 4.69) is 18.7 Å². The van der Waals surface area contributed by atoms with Gasteiger partial charge in [-0.2, -0.15) is 0 Å². The standard InChI is InChI=1S/C13H21FN2O/c1-4-16(8-7-15)10(2)11-5-6-13(17-3)12(14)9-11/h5-6,9-10H,4,7-8,15H2,1-3H3. The molecule has 0 aromatic heterocycles. The maximum Gasteiger partial charge on any atom is 0.165 e. The smallest absolute Gasteiger partial charge is 0.165 e. The van der Waals surface area contributed by atoms with Gasteiger partial charge in [0.05, 0.1) is 7.11 Å². The van der Waals surface area contributed by atoms with E-state index in [0.717, 1.165) is 18.7 Å². The van der Waals surface area contributed by atoms with E-state index in [1.165, 1.54) is 13.2 Å². The van der Waals surface area contributed by atoms with Crippen molar-refractivity contribution in [1.82, 2.24) is 4.90 Å². The number of likely N-dealkylation sites (N-methyl/N-ethyl adjacent to an activating group) is 1. The summed E-state index contributed by atoms with van der Waals surface area (Å²) < 4.78 is 18.5. The Morgan fingerprint density at radius 3 is 2.65 bits per heavy atom. The lowest BCUT2D eigenvalue weighted by Crippen LogP contribution is -2.31. The molecule has 0 aliphatic heterocycles. The fourth-order valence-electron chi connectivity index (χ4n) is 1.94. The summed E-state index contributed by atoms with van der Waals surface area (Å²) in [5.41, 5.74) is 6.50. The number of benzene rings is 1. The summed E-state index contributed by atoms with van der Waals surface area (Å²) >= 11 is 0. The van der Waals surface area contributed by atoms with Crippen LogP contribution in [0.25, 0.3) is 0 Å². The molecule has 17 heavy (non-hydrogen) atoms. The Kier molecular flexibility index (Phi) is 5.38. The number of ether oxygens (including phenoxy) is 1. The molecule has 0 heterocycles. The third-order valence-electron chi connectivity index (χ3n) is 3.03. The van der Waals surface area contributed by atoms with Crippen LogP contribution in [0.3, 0.4) is 0 Å². The highest BCUT2D eigenvalue weighted by molar-refractivity contribution is 5.30. The third kappa shape index (κ3) is 3.41. The summed E-state index contributed by atoms with van der Waals surface area (Å²) in [7, 11) is 1.47. The monoisotopic (exact) mass is 240 g/mol. The summed E-state index contributed by atoms with van der Waals surface area (Å²) in [5.74, 6) is -0.0384. The molecule has 0 spiro atoms. The minimum absolute atomic E-state index is 0.156. The molecule has 0 bridgehead atoms. The van der Waals surface area contributed by atoms with Gasteiger partial charge in [-0.1, -0.05) is 13.0 Å². The second-order valence-corrected chi connectivity index (χ2v) is 3.99. The third-order valence-corrected chi connectivity index (χ3v) is 3.03. The Hall–Kier alpha value is -1.13. The van der Waals surface area contributed by atoms with Crippen molar-refractivity contribution >= 4 is 0 Å². The molecule has 0 radical (unpaired) electrons. The summed E-state index contributed by atoms with van der Waals surface area (Å²) in [5, 5.41) is 0. The molecule has 1 atom stereocenters. The number of hydrogen-bond donors (Lipinski definition) is 1. The van der Waals surface area contributed by atoms with Crippen molar-refractivity contribution in [3.63, 3.8) is 0 Å². The van der Waals surface area contributed by atoms with Gasteiger partial charge in [-0.15, -0.1) is 0 Å². The average Bonchev–Trinajstić information content (AvgIpc) is 2.35. The van der Waals surface area contributed by atoms with Gasteiger partial charge in [-0.3, -0.25) is 4.90 Å². The zero-order chi connectivity index (χ0) is 12.8. The number of nitrogens with two attached hydrogens (primary N) is 1. The summed E-state index contributed by atoms with van der Waals surface area (Å²) in [4.78, 5) is 2.21. The average molecular weight is 240 g/mol. The van der Waals surface area contributed by atoms with Gasteiger partial charge in [0.15, 0.2) is 11.6 Å². The Morgan fingerprint density at radius 1 is 1.47 bits per heavy atom. The van der Waals surface area contributed by atoms with Crippen molar-refractivity contribution in [1.29, 1.82) is 0 Å². The van der Waals surface area contributed by atoms with Crippen LogP contribution in [0.1, 0.15) is 25.5 Å². The van der Waals surface area contributed by atoms with E-state index in [1.54, 1.807) is 6.07 Å². The highest BCUT2D eigenvalue weighted by Crippen LogP contribution is 2.24. The quantitative estimate of drug-likeness (QED) is 0.828. The Labute approximate surface area is 102 Å². The number of halogens is 1. The van der Waals surface area contributed by atoms with Crippen LogP contribution in [-0.4, -0.2) is 31.6 Å². The second kappa shape index (κ2) is 6.57. The lowest BCUT2D eigenvalue weighted by Gasteiger charge is -2.27. The molecule has 0 fully saturated rings. The van der Waals surface area contributed by atoms with Gasteiger partial charge in [0.2, 0.25) is 0 Å². The first-order valence-electron chi connectivity index (χ1n) is 5.91. The first-order chi connectivity index (χ1) is 8.13. The van der Waals surface area contributed by atoms with Gasteiger partial charge < -0.3 is 10.5 Å². The first kappa shape index (κ1) is 13.9. The van der Waals surface area contributed by atoms with E-state index < -0.39 is 0 Å². The predicted octanol–water partition coefficient (Wildman–Crippen LogP) is 2.18. The molecule has 96 valence electrons. The molecule has 0 amide bonds. The molecule has 1 unspecified atom stereocenters. The molecule has 0 saturated carbocycles. The highest BCUT2D eigenvalue weighted by atomic mass is 19.1. The van der Waals surface area contributed by atoms with Crippen molar-refractivity contribution < 1.29 is 9.13 Å². The van der Waals surface area contributed by atoms with Crippen LogP contribution in [0.2, 0.25) is 0 Å². The SMILES string of the molecule is CCN(CCN)C(C)c1ccc(OC)c(F)c1. The zero-order valence-corrected chi connectivity index (χ0v) is 10.7. The van der Waals surface area contributed by atoms with E-state index in [0.29, 0.717) is 6.54 Å². The molecule has 4 heteroatoms. The first-order valence-corrected chi connectivity index (χ1v) is 5.91. The van der Waals surface area contributed by atoms with Crippen LogP contribution in [0.15, 0.2) is 18.2 Å². The molecule has 2 N–H and O–H groups in total. The Bertz CT molecular complexity index is 357. The van der Waals surface area contributed by atoms with Crippen LogP contribution in [0.4, 0.5) is 4.39 Å². The van der Waals surface area contributed by atoms with E-state index >= 15 is 0 Å². The van der Waals surface area contributed by atoms with Gasteiger partial charge in [0.1, 0.15) is 0 Å². The number of rotatable bonds is 6. The fraction of sp³-hybridized carbons (Fsp3) is 0.538. The van der Waals surface area contributed by atoms with Gasteiger partial charge in [-0.05, 0) is 31.2 Å². The van der Waals surface area contributed by atoms with Gasteiger partial charge >= 0.3 is 0 Å². The van der Waals surface area contributed by atoms with Crippen LogP contribution in [0.5, 0.6) is 5.75 Å². The molecule has 0 saturated heterocycles. The molecular weight excluding hydrogens is 219 g/mol. The number of methoxy groups -OCH3 is 1. The Balaban J connectivity index is 2.87. The van der Waals surface area contributed by atoms with Crippen molar-refractivity contribution in [3.05, 3.63) is 29.6 Å². The lowest BCUT2D eigenvalue weighted by atomic mass is 10.1. The van der Waals surface area contributed by atoms with Crippen molar-refractivity contribution in [3.8, 4) is 5.75 Å². The van der Waals surface area contributed by atoms with E-state index in [9.17, 15) is 4.39 Å².